The van der Waals surface area contributed by atoms with E-state index in [1.165, 1.54) is 32.1 Å². The molecule has 0 unspecified atom stereocenters. The van der Waals surface area contributed by atoms with Gasteiger partial charge in [-0.15, -0.1) is 0 Å². The summed E-state index contributed by atoms with van der Waals surface area (Å²) in [5.74, 6) is 0.546. The summed E-state index contributed by atoms with van der Waals surface area (Å²) in [4.78, 5) is 4.55. The molecule has 1 fully saturated rings. The summed E-state index contributed by atoms with van der Waals surface area (Å²) in [7, 11) is 0. The standard InChI is InChI=1S/C19H27N5/c1-14-12-15(2)24(23-14)18-11-7-6-8-16(18)13-21-19(20)22-17-9-4-3-5-10-17/h6-8,11-12,17H,3-5,9-10,13H2,1-2H3,(H3,20,21,22). The Morgan fingerprint density at radius 3 is 2.71 bits per heavy atom. The van der Waals surface area contributed by atoms with Gasteiger partial charge >= 0.3 is 0 Å². The molecule has 5 nitrogen and oxygen atoms in total. The molecule has 24 heavy (non-hydrogen) atoms. The molecule has 0 spiro atoms. The Labute approximate surface area is 144 Å². The van der Waals surface area contributed by atoms with Gasteiger partial charge in [-0.1, -0.05) is 37.5 Å². The lowest BCUT2D eigenvalue weighted by atomic mass is 9.96. The molecule has 5 heteroatoms. The summed E-state index contributed by atoms with van der Waals surface area (Å²) in [5, 5.41) is 7.95. The van der Waals surface area contributed by atoms with Gasteiger partial charge in [0.05, 0.1) is 17.9 Å². The van der Waals surface area contributed by atoms with Crippen LogP contribution in [-0.2, 0) is 6.54 Å². The van der Waals surface area contributed by atoms with Crippen molar-refractivity contribution in [2.45, 2.75) is 58.5 Å². The van der Waals surface area contributed by atoms with E-state index < -0.39 is 0 Å². The van der Waals surface area contributed by atoms with E-state index in [2.05, 4.69) is 40.5 Å². The van der Waals surface area contributed by atoms with Crippen molar-refractivity contribution >= 4 is 5.96 Å². The SMILES string of the molecule is Cc1cc(C)n(-c2ccccc2CN=C(N)NC2CCCCC2)n1. The Hall–Kier alpha value is -2.30. The summed E-state index contributed by atoms with van der Waals surface area (Å²) in [6, 6.07) is 10.8. The molecule has 1 aromatic heterocycles. The van der Waals surface area contributed by atoms with Crippen molar-refractivity contribution in [3.63, 3.8) is 0 Å². The number of benzene rings is 1. The normalized spacial score (nSPS) is 16.3. The van der Waals surface area contributed by atoms with E-state index in [0.29, 0.717) is 18.5 Å². The molecule has 1 heterocycles. The van der Waals surface area contributed by atoms with Crippen LogP contribution in [0.5, 0.6) is 0 Å². The van der Waals surface area contributed by atoms with Gasteiger partial charge in [0.25, 0.3) is 0 Å². The molecule has 0 atom stereocenters. The summed E-state index contributed by atoms with van der Waals surface area (Å²) in [6.07, 6.45) is 6.29. The van der Waals surface area contributed by atoms with Crippen LogP contribution in [0.3, 0.4) is 0 Å². The Balaban J connectivity index is 1.73. The van der Waals surface area contributed by atoms with Crippen LogP contribution >= 0.6 is 0 Å². The third-order valence-corrected chi connectivity index (χ3v) is 4.61. The molecule has 0 amide bonds. The zero-order valence-corrected chi connectivity index (χ0v) is 14.6. The highest BCUT2D eigenvalue weighted by atomic mass is 15.3. The number of hydrogen-bond acceptors (Lipinski definition) is 2. The van der Waals surface area contributed by atoms with E-state index in [1.807, 2.05) is 23.7 Å². The number of para-hydroxylation sites is 1. The van der Waals surface area contributed by atoms with Gasteiger partial charge in [0.15, 0.2) is 5.96 Å². The average Bonchev–Trinajstić information content (AvgIpc) is 2.92. The molecule has 0 saturated heterocycles. The molecule has 1 saturated carbocycles. The minimum Gasteiger partial charge on any atom is -0.370 e. The quantitative estimate of drug-likeness (QED) is 0.670. The van der Waals surface area contributed by atoms with E-state index in [4.69, 9.17) is 5.73 Å². The van der Waals surface area contributed by atoms with Crippen molar-refractivity contribution in [3.8, 4) is 5.69 Å². The number of rotatable bonds is 4. The molecular weight excluding hydrogens is 298 g/mol. The predicted molar refractivity (Wildman–Crippen MR) is 98.4 cm³/mol. The van der Waals surface area contributed by atoms with Crippen LogP contribution < -0.4 is 11.1 Å². The van der Waals surface area contributed by atoms with Crippen LogP contribution in [-0.4, -0.2) is 21.8 Å². The number of guanidine groups is 1. The van der Waals surface area contributed by atoms with Crippen molar-refractivity contribution < 1.29 is 0 Å². The molecule has 3 N–H and O–H groups in total. The number of nitrogens with zero attached hydrogens (tertiary/aromatic N) is 3. The van der Waals surface area contributed by atoms with Gasteiger partial charge in [-0.3, -0.25) is 0 Å². The first-order valence-corrected chi connectivity index (χ1v) is 8.81. The van der Waals surface area contributed by atoms with Crippen LogP contribution in [0, 0.1) is 13.8 Å². The molecule has 1 aliphatic carbocycles. The van der Waals surface area contributed by atoms with Crippen molar-refractivity contribution in [1.29, 1.82) is 0 Å². The molecule has 2 aromatic rings. The van der Waals surface area contributed by atoms with Crippen LogP contribution in [0.1, 0.15) is 49.1 Å². The Kier molecular flexibility index (Phi) is 5.18. The third-order valence-electron chi connectivity index (χ3n) is 4.61. The minimum absolute atomic E-state index is 0.480. The Bertz CT molecular complexity index is 710. The van der Waals surface area contributed by atoms with Crippen molar-refractivity contribution in [2.75, 3.05) is 0 Å². The highest BCUT2D eigenvalue weighted by Crippen LogP contribution is 2.19. The lowest BCUT2D eigenvalue weighted by Crippen LogP contribution is -2.41. The van der Waals surface area contributed by atoms with Crippen LogP contribution in [0.25, 0.3) is 5.69 Å². The largest absolute Gasteiger partial charge is 0.370 e. The molecule has 0 aliphatic heterocycles. The van der Waals surface area contributed by atoms with Gasteiger partial charge < -0.3 is 11.1 Å². The molecule has 3 rings (SSSR count). The van der Waals surface area contributed by atoms with Gasteiger partial charge in [-0.25, -0.2) is 9.67 Å². The van der Waals surface area contributed by atoms with Gasteiger partial charge in [0, 0.05) is 11.7 Å². The maximum atomic E-state index is 6.09. The second-order valence-electron chi connectivity index (χ2n) is 6.65. The second kappa shape index (κ2) is 7.51. The highest BCUT2D eigenvalue weighted by molar-refractivity contribution is 5.78. The topological polar surface area (TPSA) is 68.2 Å². The smallest absolute Gasteiger partial charge is 0.189 e. The van der Waals surface area contributed by atoms with Crippen molar-refractivity contribution in [3.05, 3.63) is 47.3 Å². The number of nitrogens with two attached hydrogens (primary N) is 1. The molecule has 0 radical (unpaired) electrons. The maximum Gasteiger partial charge on any atom is 0.189 e. The lowest BCUT2D eigenvalue weighted by Gasteiger charge is -2.23. The first kappa shape index (κ1) is 16.6. The molecule has 1 aromatic carbocycles. The van der Waals surface area contributed by atoms with Crippen molar-refractivity contribution in [1.82, 2.24) is 15.1 Å². The number of nitrogens with one attached hydrogen (secondary N) is 1. The molecular formula is C19H27N5. The Morgan fingerprint density at radius 1 is 1.25 bits per heavy atom. The Morgan fingerprint density at radius 2 is 2.00 bits per heavy atom. The number of aromatic nitrogens is 2. The van der Waals surface area contributed by atoms with Crippen molar-refractivity contribution in [2.24, 2.45) is 10.7 Å². The number of aliphatic imine (C=N–C) groups is 1. The predicted octanol–water partition coefficient (Wildman–Crippen LogP) is 3.23. The van der Waals surface area contributed by atoms with E-state index in [1.54, 1.807) is 0 Å². The maximum absolute atomic E-state index is 6.09. The summed E-state index contributed by atoms with van der Waals surface area (Å²) >= 11 is 0. The van der Waals surface area contributed by atoms with E-state index >= 15 is 0 Å². The lowest BCUT2D eigenvalue weighted by molar-refractivity contribution is 0.412. The average molecular weight is 325 g/mol. The van der Waals surface area contributed by atoms with Gasteiger partial charge in [-0.2, -0.15) is 5.10 Å². The van der Waals surface area contributed by atoms with Crippen LogP contribution in [0.15, 0.2) is 35.3 Å². The van der Waals surface area contributed by atoms with E-state index in [9.17, 15) is 0 Å². The fraction of sp³-hybridized carbons (Fsp3) is 0.474. The third kappa shape index (κ3) is 3.96. The van der Waals surface area contributed by atoms with Gasteiger partial charge in [0.2, 0.25) is 0 Å². The number of aryl methyl sites for hydroxylation is 2. The fourth-order valence-corrected chi connectivity index (χ4v) is 3.40. The second-order valence-corrected chi connectivity index (χ2v) is 6.65. The van der Waals surface area contributed by atoms with Gasteiger partial charge in [-0.05, 0) is 44.4 Å². The van der Waals surface area contributed by atoms with E-state index in [0.717, 1.165) is 22.6 Å². The van der Waals surface area contributed by atoms with E-state index in [-0.39, 0.29) is 0 Å². The summed E-state index contributed by atoms with van der Waals surface area (Å²) in [5.41, 5.74) is 10.4. The zero-order chi connectivity index (χ0) is 16.9. The first-order chi connectivity index (χ1) is 11.6. The summed E-state index contributed by atoms with van der Waals surface area (Å²) in [6.45, 7) is 4.63. The van der Waals surface area contributed by atoms with Gasteiger partial charge in [0.1, 0.15) is 0 Å². The zero-order valence-electron chi connectivity index (χ0n) is 14.6. The number of hydrogen-bond donors (Lipinski definition) is 2. The highest BCUT2D eigenvalue weighted by Gasteiger charge is 2.13. The molecule has 0 bridgehead atoms. The van der Waals surface area contributed by atoms with Crippen LogP contribution in [0.4, 0.5) is 0 Å². The monoisotopic (exact) mass is 325 g/mol. The fourth-order valence-electron chi connectivity index (χ4n) is 3.40. The summed E-state index contributed by atoms with van der Waals surface area (Å²) < 4.78 is 1.98. The molecule has 128 valence electrons. The first-order valence-electron chi connectivity index (χ1n) is 8.81. The molecule has 1 aliphatic rings. The minimum atomic E-state index is 0.480. The van der Waals surface area contributed by atoms with Crippen LogP contribution in [0.2, 0.25) is 0 Å².